The van der Waals surface area contributed by atoms with E-state index in [4.69, 9.17) is 5.73 Å². The van der Waals surface area contributed by atoms with Crippen molar-refractivity contribution in [1.82, 2.24) is 9.80 Å². The summed E-state index contributed by atoms with van der Waals surface area (Å²) in [7, 11) is 0. The highest BCUT2D eigenvalue weighted by Crippen LogP contribution is 2.31. The summed E-state index contributed by atoms with van der Waals surface area (Å²) in [5.41, 5.74) is 6.33. The van der Waals surface area contributed by atoms with Crippen molar-refractivity contribution in [2.75, 3.05) is 39.3 Å². The van der Waals surface area contributed by atoms with Crippen molar-refractivity contribution in [2.24, 2.45) is 17.6 Å². The predicted molar refractivity (Wildman–Crippen MR) is 77.7 cm³/mol. The fourth-order valence-electron chi connectivity index (χ4n) is 3.59. The summed E-state index contributed by atoms with van der Waals surface area (Å²) < 4.78 is 0. The highest BCUT2D eigenvalue weighted by atomic mass is 15.3. The van der Waals surface area contributed by atoms with Crippen LogP contribution in [0.25, 0.3) is 0 Å². The van der Waals surface area contributed by atoms with Crippen molar-refractivity contribution < 1.29 is 0 Å². The summed E-state index contributed by atoms with van der Waals surface area (Å²) in [6, 6.07) is 0.456. The van der Waals surface area contributed by atoms with Gasteiger partial charge in [-0.2, -0.15) is 0 Å². The Bertz CT molecular complexity index is 236. The summed E-state index contributed by atoms with van der Waals surface area (Å²) in [6.45, 7) is 12.0. The Morgan fingerprint density at radius 1 is 1.00 bits per heavy atom. The molecule has 1 aliphatic heterocycles. The first-order chi connectivity index (χ1) is 8.72. The molecule has 2 N–H and O–H groups in total. The summed E-state index contributed by atoms with van der Waals surface area (Å²) in [4.78, 5) is 5.20. The number of piperazine rings is 1. The average Bonchev–Trinajstić information content (AvgIpc) is 2.42. The van der Waals surface area contributed by atoms with Gasteiger partial charge in [0.05, 0.1) is 0 Å². The summed E-state index contributed by atoms with van der Waals surface area (Å²) in [5.74, 6) is 1.68. The Morgan fingerprint density at radius 3 is 2.28 bits per heavy atom. The SMILES string of the molecule is CCC1CCC(N)C(CN2CCN(CC)CC2)C1. The van der Waals surface area contributed by atoms with Crippen LogP contribution in [0.15, 0.2) is 0 Å². The molecule has 0 spiro atoms. The number of likely N-dealkylation sites (N-methyl/N-ethyl adjacent to an activating group) is 1. The van der Waals surface area contributed by atoms with Gasteiger partial charge < -0.3 is 15.5 Å². The normalized spacial score (nSPS) is 35.8. The van der Waals surface area contributed by atoms with Gasteiger partial charge in [0.25, 0.3) is 0 Å². The van der Waals surface area contributed by atoms with E-state index in [1.54, 1.807) is 0 Å². The molecular formula is C15H31N3. The Hall–Kier alpha value is -0.120. The maximum Gasteiger partial charge on any atom is 0.0110 e. The molecule has 106 valence electrons. The fourth-order valence-corrected chi connectivity index (χ4v) is 3.59. The zero-order valence-electron chi connectivity index (χ0n) is 12.3. The Kier molecular flexibility index (Phi) is 5.46. The Labute approximate surface area is 113 Å². The zero-order valence-corrected chi connectivity index (χ0v) is 12.3. The van der Waals surface area contributed by atoms with E-state index < -0.39 is 0 Å². The van der Waals surface area contributed by atoms with Crippen molar-refractivity contribution in [3.63, 3.8) is 0 Å². The highest BCUT2D eigenvalue weighted by molar-refractivity contribution is 4.85. The lowest BCUT2D eigenvalue weighted by Gasteiger charge is -2.40. The third-order valence-electron chi connectivity index (χ3n) is 5.13. The molecule has 1 heterocycles. The van der Waals surface area contributed by atoms with Crippen LogP contribution in [-0.2, 0) is 0 Å². The molecule has 18 heavy (non-hydrogen) atoms. The lowest BCUT2D eigenvalue weighted by atomic mass is 9.77. The van der Waals surface area contributed by atoms with Gasteiger partial charge in [-0.15, -0.1) is 0 Å². The van der Waals surface area contributed by atoms with E-state index in [-0.39, 0.29) is 0 Å². The highest BCUT2D eigenvalue weighted by Gasteiger charge is 2.29. The summed E-state index contributed by atoms with van der Waals surface area (Å²) in [6.07, 6.45) is 5.31. The van der Waals surface area contributed by atoms with Crippen LogP contribution in [0.1, 0.15) is 39.5 Å². The first kappa shape index (κ1) is 14.3. The molecule has 0 radical (unpaired) electrons. The molecule has 0 aromatic heterocycles. The topological polar surface area (TPSA) is 32.5 Å². The van der Waals surface area contributed by atoms with E-state index >= 15 is 0 Å². The lowest BCUT2D eigenvalue weighted by molar-refractivity contribution is 0.0976. The fraction of sp³-hybridized carbons (Fsp3) is 1.00. The summed E-state index contributed by atoms with van der Waals surface area (Å²) >= 11 is 0. The van der Waals surface area contributed by atoms with Gasteiger partial charge in [-0.1, -0.05) is 20.3 Å². The molecule has 0 aromatic rings. The molecule has 1 saturated carbocycles. The van der Waals surface area contributed by atoms with E-state index in [0.29, 0.717) is 6.04 Å². The van der Waals surface area contributed by atoms with Gasteiger partial charge in [-0.05, 0) is 37.6 Å². The van der Waals surface area contributed by atoms with Gasteiger partial charge in [0, 0.05) is 38.8 Å². The van der Waals surface area contributed by atoms with Crippen LogP contribution in [-0.4, -0.2) is 55.1 Å². The number of hydrogen-bond donors (Lipinski definition) is 1. The van der Waals surface area contributed by atoms with Crippen LogP contribution in [0.5, 0.6) is 0 Å². The molecule has 3 atom stereocenters. The van der Waals surface area contributed by atoms with Crippen LogP contribution in [0.2, 0.25) is 0 Å². The van der Waals surface area contributed by atoms with Crippen molar-refractivity contribution in [3.05, 3.63) is 0 Å². The first-order valence-corrected chi connectivity index (χ1v) is 7.93. The van der Waals surface area contributed by atoms with E-state index in [9.17, 15) is 0 Å². The average molecular weight is 253 g/mol. The molecule has 3 heteroatoms. The van der Waals surface area contributed by atoms with Crippen LogP contribution in [0, 0.1) is 11.8 Å². The van der Waals surface area contributed by atoms with Crippen molar-refractivity contribution in [1.29, 1.82) is 0 Å². The van der Waals surface area contributed by atoms with Gasteiger partial charge in [-0.3, -0.25) is 0 Å². The standard InChI is InChI=1S/C15H31N3/c1-3-13-5-6-15(16)14(11-13)12-18-9-7-17(4-2)8-10-18/h13-15H,3-12,16H2,1-2H3. The minimum Gasteiger partial charge on any atom is -0.327 e. The van der Waals surface area contributed by atoms with Crippen LogP contribution >= 0.6 is 0 Å². The number of hydrogen-bond acceptors (Lipinski definition) is 3. The van der Waals surface area contributed by atoms with Crippen LogP contribution in [0.4, 0.5) is 0 Å². The predicted octanol–water partition coefficient (Wildman–Crippen LogP) is 1.78. The van der Waals surface area contributed by atoms with Crippen molar-refractivity contribution >= 4 is 0 Å². The summed E-state index contributed by atoms with van der Waals surface area (Å²) in [5, 5.41) is 0. The third kappa shape index (κ3) is 3.69. The molecule has 0 aromatic carbocycles. The quantitative estimate of drug-likeness (QED) is 0.829. The van der Waals surface area contributed by atoms with Crippen molar-refractivity contribution in [2.45, 2.75) is 45.6 Å². The molecular weight excluding hydrogens is 222 g/mol. The maximum atomic E-state index is 6.33. The number of nitrogens with two attached hydrogens (primary N) is 1. The molecule has 0 amide bonds. The largest absolute Gasteiger partial charge is 0.327 e. The second-order valence-electron chi connectivity index (χ2n) is 6.25. The third-order valence-corrected chi connectivity index (χ3v) is 5.13. The molecule has 2 fully saturated rings. The first-order valence-electron chi connectivity index (χ1n) is 7.93. The lowest BCUT2D eigenvalue weighted by Crippen LogP contribution is -2.50. The molecule has 1 saturated heterocycles. The second-order valence-corrected chi connectivity index (χ2v) is 6.25. The Morgan fingerprint density at radius 2 is 1.67 bits per heavy atom. The number of nitrogens with zero attached hydrogens (tertiary/aromatic N) is 2. The molecule has 3 unspecified atom stereocenters. The van der Waals surface area contributed by atoms with Gasteiger partial charge in [0.15, 0.2) is 0 Å². The van der Waals surface area contributed by atoms with E-state index in [0.717, 1.165) is 11.8 Å². The monoisotopic (exact) mass is 253 g/mol. The number of rotatable bonds is 4. The van der Waals surface area contributed by atoms with Gasteiger partial charge >= 0.3 is 0 Å². The second kappa shape index (κ2) is 6.88. The van der Waals surface area contributed by atoms with Crippen LogP contribution in [0.3, 0.4) is 0 Å². The maximum absolute atomic E-state index is 6.33. The molecule has 2 aliphatic rings. The van der Waals surface area contributed by atoms with E-state index in [1.807, 2.05) is 0 Å². The molecule has 1 aliphatic carbocycles. The van der Waals surface area contributed by atoms with Crippen molar-refractivity contribution in [3.8, 4) is 0 Å². The van der Waals surface area contributed by atoms with Crippen LogP contribution < -0.4 is 5.73 Å². The molecule has 2 rings (SSSR count). The van der Waals surface area contributed by atoms with E-state index in [2.05, 4.69) is 23.6 Å². The van der Waals surface area contributed by atoms with Gasteiger partial charge in [0.2, 0.25) is 0 Å². The van der Waals surface area contributed by atoms with E-state index in [1.165, 1.54) is 65.0 Å². The molecule has 0 bridgehead atoms. The Balaban J connectivity index is 1.77. The molecule has 3 nitrogen and oxygen atoms in total. The minimum absolute atomic E-state index is 0.456. The van der Waals surface area contributed by atoms with Gasteiger partial charge in [-0.25, -0.2) is 0 Å². The van der Waals surface area contributed by atoms with Gasteiger partial charge in [0.1, 0.15) is 0 Å². The minimum atomic E-state index is 0.456. The smallest absolute Gasteiger partial charge is 0.0110 e. The zero-order chi connectivity index (χ0) is 13.0.